The number of rotatable bonds is 11. The fourth-order valence-electron chi connectivity index (χ4n) is 4.38. The number of carbonyl (C=O) groups excluding carboxylic acids is 1. The third-order valence-electron chi connectivity index (χ3n) is 5.85. The Hall–Kier alpha value is -2.53. The molecular weight excluding hydrogens is 390 g/mol. The minimum Gasteiger partial charge on any atom is -0.493 e. The Labute approximate surface area is 185 Å². The van der Waals surface area contributed by atoms with Crippen LogP contribution in [-0.4, -0.2) is 50.1 Å². The highest BCUT2D eigenvalue weighted by Crippen LogP contribution is 2.49. The van der Waals surface area contributed by atoms with Crippen LogP contribution in [0, 0.1) is 0 Å². The van der Waals surface area contributed by atoms with E-state index >= 15 is 0 Å². The fraction of sp³-hybridized carbons (Fsp3) is 0.500. The average Bonchev–Trinajstić information content (AvgIpc) is 3.41. The van der Waals surface area contributed by atoms with Crippen molar-refractivity contribution in [3.05, 3.63) is 41.5 Å². The molecule has 1 aliphatic carbocycles. The maximum Gasteiger partial charge on any atom is 0.194 e. The first kappa shape index (κ1) is 21.7. The molecule has 0 atom stereocenters. The van der Waals surface area contributed by atoms with Gasteiger partial charge < -0.3 is 19.1 Å². The molecule has 0 spiro atoms. The molecule has 1 aliphatic heterocycles. The minimum atomic E-state index is 0.0100. The quantitative estimate of drug-likeness (QED) is 0.390. The highest BCUT2D eigenvalue weighted by Gasteiger charge is 2.33. The molecule has 0 radical (unpaired) electrons. The number of benzene rings is 2. The fourth-order valence-corrected chi connectivity index (χ4v) is 4.38. The molecule has 0 saturated carbocycles. The Bertz CT molecular complexity index is 918. The summed E-state index contributed by atoms with van der Waals surface area (Å²) in [6.07, 6.45) is 5.39. The Morgan fingerprint density at radius 3 is 2.32 bits per heavy atom. The topological polar surface area (TPSA) is 48.0 Å². The van der Waals surface area contributed by atoms with Crippen LogP contribution in [0.4, 0.5) is 0 Å². The lowest BCUT2D eigenvalue weighted by molar-refractivity contribution is 0.104. The van der Waals surface area contributed by atoms with Crippen molar-refractivity contribution >= 4 is 5.78 Å². The van der Waals surface area contributed by atoms with E-state index in [4.69, 9.17) is 14.2 Å². The van der Waals surface area contributed by atoms with Gasteiger partial charge in [0.25, 0.3) is 0 Å². The summed E-state index contributed by atoms with van der Waals surface area (Å²) in [6.45, 7) is 9.44. The second-order valence-electron chi connectivity index (χ2n) is 8.30. The standard InChI is InChI=1S/C26H33NO4/c1-3-14-29-19-17-21-25(23(18-19)30-15-4-2)24-20(26(21)28)9-7-10-22(24)31-16-8-13-27-11-5-6-12-27/h7,9-10,17-18H,3-6,8,11-16H2,1-2H3. The first-order chi connectivity index (χ1) is 15.2. The highest BCUT2D eigenvalue weighted by molar-refractivity contribution is 6.23. The third kappa shape index (κ3) is 4.72. The van der Waals surface area contributed by atoms with Crippen molar-refractivity contribution in [3.63, 3.8) is 0 Å². The Morgan fingerprint density at radius 2 is 1.55 bits per heavy atom. The second-order valence-corrected chi connectivity index (χ2v) is 8.30. The van der Waals surface area contributed by atoms with E-state index in [-0.39, 0.29) is 5.78 Å². The van der Waals surface area contributed by atoms with E-state index in [0.717, 1.165) is 42.7 Å². The molecule has 2 aliphatic rings. The normalized spacial score (nSPS) is 15.1. The molecule has 31 heavy (non-hydrogen) atoms. The first-order valence-corrected chi connectivity index (χ1v) is 11.7. The van der Waals surface area contributed by atoms with Crippen LogP contribution in [0.2, 0.25) is 0 Å². The molecule has 1 fully saturated rings. The van der Waals surface area contributed by atoms with E-state index in [2.05, 4.69) is 18.7 Å². The van der Waals surface area contributed by atoms with Gasteiger partial charge in [0.2, 0.25) is 0 Å². The summed E-state index contributed by atoms with van der Waals surface area (Å²) in [7, 11) is 0. The van der Waals surface area contributed by atoms with Crippen molar-refractivity contribution in [1.29, 1.82) is 0 Å². The monoisotopic (exact) mass is 423 g/mol. The van der Waals surface area contributed by atoms with Gasteiger partial charge in [-0.25, -0.2) is 0 Å². The molecule has 166 valence electrons. The highest BCUT2D eigenvalue weighted by atomic mass is 16.5. The molecule has 5 heteroatoms. The lowest BCUT2D eigenvalue weighted by Crippen LogP contribution is -2.21. The van der Waals surface area contributed by atoms with E-state index in [0.29, 0.717) is 42.4 Å². The summed E-state index contributed by atoms with van der Waals surface area (Å²) in [5.74, 6) is 2.15. The molecule has 5 nitrogen and oxygen atoms in total. The number of carbonyl (C=O) groups is 1. The maximum atomic E-state index is 13.2. The van der Waals surface area contributed by atoms with Crippen LogP contribution in [0.3, 0.4) is 0 Å². The van der Waals surface area contributed by atoms with Crippen molar-refractivity contribution in [2.45, 2.75) is 46.0 Å². The van der Waals surface area contributed by atoms with Gasteiger partial charge in [-0.05, 0) is 57.3 Å². The zero-order chi connectivity index (χ0) is 21.6. The maximum absolute atomic E-state index is 13.2. The molecular formula is C26H33NO4. The second kappa shape index (κ2) is 10.2. The van der Waals surface area contributed by atoms with Gasteiger partial charge in [0.05, 0.1) is 19.8 Å². The predicted octanol–water partition coefficient (Wildman–Crippen LogP) is 5.34. The number of ketones is 1. The average molecular weight is 424 g/mol. The third-order valence-corrected chi connectivity index (χ3v) is 5.85. The van der Waals surface area contributed by atoms with Crippen molar-refractivity contribution in [2.75, 3.05) is 39.5 Å². The van der Waals surface area contributed by atoms with Crippen LogP contribution < -0.4 is 14.2 Å². The van der Waals surface area contributed by atoms with E-state index in [1.165, 1.54) is 25.9 Å². The Kier molecular flexibility index (Phi) is 7.13. The van der Waals surface area contributed by atoms with Gasteiger partial charge >= 0.3 is 0 Å². The van der Waals surface area contributed by atoms with Crippen molar-refractivity contribution in [1.82, 2.24) is 4.90 Å². The molecule has 1 heterocycles. The van der Waals surface area contributed by atoms with Gasteiger partial charge in [-0.1, -0.05) is 26.0 Å². The van der Waals surface area contributed by atoms with E-state index < -0.39 is 0 Å². The first-order valence-electron chi connectivity index (χ1n) is 11.7. The van der Waals surface area contributed by atoms with Crippen LogP contribution in [0.15, 0.2) is 30.3 Å². The van der Waals surface area contributed by atoms with Crippen molar-refractivity contribution < 1.29 is 19.0 Å². The van der Waals surface area contributed by atoms with Gasteiger partial charge in [0, 0.05) is 34.9 Å². The molecule has 0 amide bonds. The summed E-state index contributed by atoms with van der Waals surface area (Å²) < 4.78 is 18.1. The van der Waals surface area contributed by atoms with Gasteiger partial charge in [-0.2, -0.15) is 0 Å². The smallest absolute Gasteiger partial charge is 0.194 e. The number of hydrogen-bond acceptors (Lipinski definition) is 5. The van der Waals surface area contributed by atoms with E-state index in [9.17, 15) is 4.79 Å². The van der Waals surface area contributed by atoms with Gasteiger partial charge in [0.15, 0.2) is 5.78 Å². The summed E-state index contributed by atoms with van der Waals surface area (Å²) in [4.78, 5) is 15.7. The minimum absolute atomic E-state index is 0.0100. The number of hydrogen-bond donors (Lipinski definition) is 0. The molecule has 0 bridgehead atoms. The molecule has 1 saturated heterocycles. The molecule has 2 aromatic rings. The van der Waals surface area contributed by atoms with Crippen LogP contribution in [-0.2, 0) is 0 Å². The van der Waals surface area contributed by atoms with Crippen molar-refractivity contribution in [3.8, 4) is 28.4 Å². The number of fused-ring (bicyclic) bond motifs is 3. The van der Waals surface area contributed by atoms with E-state index in [1.807, 2.05) is 30.3 Å². The lowest BCUT2D eigenvalue weighted by atomic mass is 10.0. The summed E-state index contributed by atoms with van der Waals surface area (Å²) >= 11 is 0. The summed E-state index contributed by atoms with van der Waals surface area (Å²) in [5.41, 5.74) is 3.02. The van der Waals surface area contributed by atoms with Gasteiger partial charge in [0.1, 0.15) is 17.2 Å². The lowest BCUT2D eigenvalue weighted by Gasteiger charge is -2.17. The van der Waals surface area contributed by atoms with E-state index in [1.54, 1.807) is 0 Å². The SMILES string of the molecule is CCCOc1cc(OCCC)c2c(c1)C(=O)c1cccc(OCCCN3CCCC3)c1-2. The van der Waals surface area contributed by atoms with Gasteiger partial charge in [-0.3, -0.25) is 4.79 Å². The summed E-state index contributed by atoms with van der Waals surface area (Å²) in [5, 5.41) is 0. The number of nitrogens with zero attached hydrogens (tertiary/aromatic N) is 1. The zero-order valence-electron chi connectivity index (χ0n) is 18.7. The largest absolute Gasteiger partial charge is 0.493 e. The number of likely N-dealkylation sites (tertiary alicyclic amines) is 1. The predicted molar refractivity (Wildman–Crippen MR) is 123 cm³/mol. The Balaban J connectivity index is 1.60. The molecule has 0 N–H and O–H groups in total. The molecule has 0 aromatic heterocycles. The molecule has 2 aromatic carbocycles. The van der Waals surface area contributed by atoms with Crippen LogP contribution >= 0.6 is 0 Å². The van der Waals surface area contributed by atoms with Crippen LogP contribution in [0.5, 0.6) is 17.2 Å². The Morgan fingerprint density at radius 1 is 0.839 bits per heavy atom. The van der Waals surface area contributed by atoms with Crippen molar-refractivity contribution in [2.24, 2.45) is 0 Å². The summed E-state index contributed by atoms with van der Waals surface area (Å²) in [6, 6.07) is 9.51. The zero-order valence-corrected chi connectivity index (χ0v) is 18.7. The number of ether oxygens (including phenoxy) is 3. The van der Waals surface area contributed by atoms with Gasteiger partial charge in [-0.15, -0.1) is 0 Å². The molecule has 4 rings (SSSR count). The molecule has 0 unspecified atom stereocenters. The van der Waals surface area contributed by atoms with Crippen LogP contribution in [0.1, 0.15) is 61.9 Å². The van der Waals surface area contributed by atoms with Crippen LogP contribution in [0.25, 0.3) is 11.1 Å².